The molecule has 218 valence electrons. The number of amides is 2. The first-order valence-electron chi connectivity index (χ1n) is 14.9. The van der Waals surface area contributed by atoms with E-state index in [-0.39, 0.29) is 23.9 Å². The van der Waals surface area contributed by atoms with Gasteiger partial charge < -0.3 is 11.1 Å². The lowest BCUT2D eigenvalue weighted by atomic mass is 9.71. The summed E-state index contributed by atoms with van der Waals surface area (Å²) in [6.45, 7) is 5.42. The van der Waals surface area contributed by atoms with Crippen LogP contribution in [0.4, 0.5) is 0 Å². The summed E-state index contributed by atoms with van der Waals surface area (Å²) in [5.74, 6) is -1.56. The molecular formula is C32H40N4O4S. The molecule has 0 radical (unpaired) electrons. The SMILES string of the molecule is Cc1ccc(S(=O)(=O)N2CCNC(=O)C2C(C(N)=O)[C@H]2CCCc3cc(C4=CCN(CC5CC5)CC4)ccc32)cc1. The fourth-order valence-electron chi connectivity index (χ4n) is 6.92. The van der Waals surface area contributed by atoms with E-state index in [9.17, 15) is 18.0 Å². The molecule has 2 heterocycles. The molecule has 0 spiro atoms. The van der Waals surface area contributed by atoms with Gasteiger partial charge >= 0.3 is 0 Å². The Morgan fingerprint density at radius 3 is 2.54 bits per heavy atom. The zero-order valence-corrected chi connectivity index (χ0v) is 24.5. The molecule has 9 heteroatoms. The number of nitrogens with one attached hydrogen (secondary N) is 1. The third-order valence-electron chi connectivity index (χ3n) is 9.32. The number of fused-ring (bicyclic) bond motifs is 1. The van der Waals surface area contributed by atoms with Crippen LogP contribution in [-0.4, -0.2) is 68.2 Å². The molecule has 1 saturated heterocycles. The van der Waals surface area contributed by atoms with Crippen molar-refractivity contribution >= 4 is 27.4 Å². The molecule has 2 aromatic carbocycles. The Hall–Kier alpha value is -3.01. The van der Waals surface area contributed by atoms with E-state index in [0.717, 1.165) is 55.0 Å². The van der Waals surface area contributed by atoms with Crippen LogP contribution in [0.25, 0.3) is 5.57 Å². The zero-order chi connectivity index (χ0) is 28.7. The monoisotopic (exact) mass is 576 g/mol. The number of carbonyl (C=O) groups excluding carboxylic acids is 2. The number of hydrogen-bond acceptors (Lipinski definition) is 5. The first-order chi connectivity index (χ1) is 19.7. The van der Waals surface area contributed by atoms with Crippen LogP contribution < -0.4 is 11.1 Å². The lowest BCUT2D eigenvalue weighted by Gasteiger charge is -2.41. The number of rotatable bonds is 8. The van der Waals surface area contributed by atoms with Gasteiger partial charge in [0.2, 0.25) is 21.8 Å². The minimum atomic E-state index is -4.03. The molecule has 0 bridgehead atoms. The Kier molecular flexibility index (Phi) is 7.78. The lowest BCUT2D eigenvalue weighted by molar-refractivity contribution is -0.135. The topological polar surface area (TPSA) is 113 Å². The molecule has 41 heavy (non-hydrogen) atoms. The van der Waals surface area contributed by atoms with Crippen molar-refractivity contribution in [2.24, 2.45) is 17.6 Å². The van der Waals surface area contributed by atoms with Crippen molar-refractivity contribution in [3.63, 3.8) is 0 Å². The molecule has 2 aromatic rings. The smallest absolute Gasteiger partial charge is 0.243 e. The van der Waals surface area contributed by atoms with Crippen LogP contribution in [-0.2, 0) is 26.0 Å². The van der Waals surface area contributed by atoms with E-state index < -0.39 is 33.8 Å². The van der Waals surface area contributed by atoms with E-state index in [1.54, 1.807) is 24.3 Å². The fourth-order valence-corrected chi connectivity index (χ4v) is 8.53. The molecule has 1 saturated carbocycles. The van der Waals surface area contributed by atoms with Crippen molar-refractivity contribution in [3.05, 3.63) is 70.8 Å². The summed E-state index contributed by atoms with van der Waals surface area (Å²) in [6.07, 6.45) is 8.49. The first kappa shape index (κ1) is 28.1. The van der Waals surface area contributed by atoms with Crippen LogP contribution in [0.5, 0.6) is 0 Å². The normalized spacial score (nSPS) is 24.7. The average molecular weight is 577 g/mol. The predicted molar refractivity (Wildman–Crippen MR) is 158 cm³/mol. The quantitative estimate of drug-likeness (QED) is 0.501. The van der Waals surface area contributed by atoms with Gasteiger partial charge in [0, 0.05) is 32.7 Å². The van der Waals surface area contributed by atoms with Gasteiger partial charge in [-0.1, -0.05) is 42.0 Å². The van der Waals surface area contributed by atoms with Crippen molar-refractivity contribution in [1.82, 2.24) is 14.5 Å². The molecule has 2 aliphatic carbocycles. The number of sulfonamides is 1. The van der Waals surface area contributed by atoms with Crippen LogP contribution in [0.1, 0.15) is 60.3 Å². The van der Waals surface area contributed by atoms with E-state index in [2.05, 4.69) is 34.5 Å². The van der Waals surface area contributed by atoms with E-state index in [0.29, 0.717) is 6.42 Å². The van der Waals surface area contributed by atoms with Crippen molar-refractivity contribution in [2.45, 2.75) is 62.3 Å². The number of benzene rings is 2. The molecule has 8 nitrogen and oxygen atoms in total. The van der Waals surface area contributed by atoms with E-state index in [1.807, 2.05) is 6.92 Å². The number of nitrogens with zero attached hydrogens (tertiary/aromatic N) is 2. The molecule has 3 N–H and O–H groups in total. The molecule has 2 aliphatic heterocycles. The van der Waals surface area contributed by atoms with E-state index in [1.165, 1.54) is 34.8 Å². The van der Waals surface area contributed by atoms with Gasteiger partial charge in [0.05, 0.1) is 10.8 Å². The van der Waals surface area contributed by atoms with Crippen LogP contribution in [0.2, 0.25) is 0 Å². The Balaban J connectivity index is 1.30. The number of carbonyl (C=O) groups is 2. The predicted octanol–water partition coefficient (Wildman–Crippen LogP) is 3.20. The van der Waals surface area contributed by atoms with Crippen molar-refractivity contribution in [1.29, 1.82) is 0 Å². The third-order valence-corrected chi connectivity index (χ3v) is 11.2. The van der Waals surface area contributed by atoms with Gasteiger partial charge in [-0.2, -0.15) is 4.31 Å². The number of primary amides is 1. The highest BCUT2D eigenvalue weighted by molar-refractivity contribution is 7.89. The van der Waals surface area contributed by atoms with Gasteiger partial charge in [-0.05, 0) is 91.7 Å². The van der Waals surface area contributed by atoms with Gasteiger partial charge in [-0.15, -0.1) is 0 Å². The summed E-state index contributed by atoms with van der Waals surface area (Å²) < 4.78 is 28.8. The summed E-state index contributed by atoms with van der Waals surface area (Å²) >= 11 is 0. The summed E-state index contributed by atoms with van der Waals surface area (Å²) in [7, 11) is -4.03. The van der Waals surface area contributed by atoms with Crippen LogP contribution in [0.15, 0.2) is 53.4 Å². The van der Waals surface area contributed by atoms with Crippen LogP contribution in [0, 0.1) is 18.8 Å². The standard InChI is InChI=1S/C32H40N4O4S/c1-21-5-10-26(11-6-21)41(39,40)36-18-15-34-32(38)30(36)29(31(33)37)28-4-2-3-25-19-24(9-12-27(25)28)23-13-16-35(17-14-23)20-22-7-8-22/h5-6,9-13,19,22,28-30H,2-4,7-8,14-18,20H2,1H3,(H2,33,37)(H,34,38)/t28-,29?,30?/m0/s1. The van der Waals surface area contributed by atoms with Crippen LogP contribution >= 0.6 is 0 Å². The molecule has 2 fully saturated rings. The summed E-state index contributed by atoms with van der Waals surface area (Å²) in [5, 5.41) is 2.80. The summed E-state index contributed by atoms with van der Waals surface area (Å²) in [4.78, 5) is 29.1. The van der Waals surface area contributed by atoms with Gasteiger partial charge in [-0.25, -0.2) is 8.42 Å². The largest absolute Gasteiger partial charge is 0.369 e. The zero-order valence-electron chi connectivity index (χ0n) is 23.7. The molecule has 6 rings (SSSR count). The first-order valence-corrected chi connectivity index (χ1v) is 16.4. The van der Waals surface area contributed by atoms with Crippen molar-refractivity contribution in [2.75, 3.05) is 32.7 Å². The van der Waals surface area contributed by atoms with Gasteiger partial charge in [0.25, 0.3) is 0 Å². The maximum Gasteiger partial charge on any atom is 0.243 e. The second-order valence-electron chi connectivity index (χ2n) is 12.2. The Bertz CT molecular complexity index is 1470. The number of aryl methyl sites for hydroxylation is 2. The highest BCUT2D eigenvalue weighted by Crippen LogP contribution is 2.42. The minimum Gasteiger partial charge on any atom is -0.369 e. The van der Waals surface area contributed by atoms with Crippen molar-refractivity contribution < 1.29 is 18.0 Å². The lowest BCUT2D eigenvalue weighted by Crippen LogP contribution is -2.62. The maximum atomic E-state index is 13.8. The highest BCUT2D eigenvalue weighted by atomic mass is 32.2. The van der Waals surface area contributed by atoms with Crippen molar-refractivity contribution in [3.8, 4) is 0 Å². The summed E-state index contributed by atoms with van der Waals surface area (Å²) in [5.41, 5.74) is 11.7. The second-order valence-corrected chi connectivity index (χ2v) is 14.1. The molecular weight excluding hydrogens is 536 g/mol. The Labute approximate surface area is 243 Å². The van der Waals surface area contributed by atoms with Gasteiger partial charge in [0.15, 0.2) is 0 Å². The van der Waals surface area contributed by atoms with Gasteiger partial charge in [-0.3, -0.25) is 14.5 Å². The molecule has 0 aromatic heterocycles. The van der Waals surface area contributed by atoms with E-state index >= 15 is 0 Å². The number of piperazine rings is 1. The molecule has 3 atom stereocenters. The third kappa shape index (κ3) is 5.72. The Morgan fingerprint density at radius 2 is 1.85 bits per heavy atom. The van der Waals surface area contributed by atoms with Crippen LogP contribution in [0.3, 0.4) is 0 Å². The average Bonchev–Trinajstić information content (AvgIpc) is 3.78. The molecule has 2 amide bonds. The second kappa shape index (κ2) is 11.3. The Morgan fingerprint density at radius 1 is 1.07 bits per heavy atom. The minimum absolute atomic E-state index is 0.0842. The highest BCUT2D eigenvalue weighted by Gasteiger charge is 2.49. The molecule has 4 aliphatic rings. The number of nitrogens with two attached hydrogens (primary N) is 1. The fraction of sp³-hybridized carbons (Fsp3) is 0.500. The van der Waals surface area contributed by atoms with Gasteiger partial charge in [0.1, 0.15) is 6.04 Å². The number of hydrogen-bond donors (Lipinski definition) is 2. The maximum absolute atomic E-state index is 13.8. The molecule has 2 unspecified atom stereocenters. The summed E-state index contributed by atoms with van der Waals surface area (Å²) in [6, 6.07) is 11.8. The van der Waals surface area contributed by atoms with E-state index in [4.69, 9.17) is 5.73 Å².